The van der Waals surface area contributed by atoms with E-state index in [0.29, 0.717) is 22.8 Å². The SMILES string of the molecule is O=C(c1ccccc1)c1cc([C@]2(c3ccccc3)CC2c2ccccc2)oc1-c1ccccc1. The molecule has 4 aromatic carbocycles. The maximum Gasteiger partial charge on any atom is 0.196 e. The van der Waals surface area contributed by atoms with Gasteiger partial charge in [-0.05, 0) is 23.6 Å². The second-order valence-electron chi connectivity index (χ2n) is 8.92. The minimum absolute atomic E-state index is 0.0189. The van der Waals surface area contributed by atoms with Crippen LogP contribution < -0.4 is 0 Å². The molecule has 2 atom stereocenters. The highest BCUT2D eigenvalue weighted by Gasteiger charge is 2.59. The van der Waals surface area contributed by atoms with Gasteiger partial charge >= 0.3 is 0 Å². The topological polar surface area (TPSA) is 30.2 Å². The molecule has 0 spiro atoms. The van der Waals surface area contributed by atoms with E-state index < -0.39 is 0 Å². The van der Waals surface area contributed by atoms with Crippen LogP contribution in [0.25, 0.3) is 11.3 Å². The lowest BCUT2D eigenvalue weighted by Gasteiger charge is -2.16. The molecule has 0 bridgehead atoms. The second kappa shape index (κ2) is 8.31. The van der Waals surface area contributed by atoms with Crippen molar-refractivity contribution in [3.05, 3.63) is 155 Å². The molecular formula is C32H24O2. The van der Waals surface area contributed by atoms with Gasteiger partial charge in [-0.3, -0.25) is 4.79 Å². The molecule has 2 heteroatoms. The first-order valence-electron chi connectivity index (χ1n) is 11.7. The van der Waals surface area contributed by atoms with Crippen molar-refractivity contribution in [2.75, 3.05) is 0 Å². The summed E-state index contributed by atoms with van der Waals surface area (Å²) in [5.41, 5.74) is 4.41. The van der Waals surface area contributed by atoms with E-state index >= 15 is 0 Å². The Balaban J connectivity index is 1.53. The number of carbonyl (C=O) groups is 1. The summed E-state index contributed by atoms with van der Waals surface area (Å²) in [4.78, 5) is 13.6. The zero-order valence-corrected chi connectivity index (χ0v) is 18.7. The maximum atomic E-state index is 13.6. The summed E-state index contributed by atoms with van der Waals surface area (Å²) in [5.74, 6) is 1.77. The number of furan rings is 1. The van der Waals surface area contributed by atoms with Gasteiger partial charge in [0, 0.05) is 17.0 Å². The molecule has 6 rings (SSSR count). The van der Waals surface area contributed by atoms with Crippen molar-refractivity contribution < 1.29 is 9.21 Å². The number of benzene rings is 4. The Hall–Kier alpha value is -4.17. The average Bonchev–Trinajstić information content (AvgIpc) is 3.53. The van der Waals surface area contributed by atoms with E-state index in [9.17, 15) is 4.79 Å². The fraction of sp³-hybridized carbons (Fsp3) is 0.0938. The van der Waals surface area contributed by atoms with Crippen LogP contribution >= 0.6 is 0 Å². The summed E-state index contributed by atoms with van der Waals surface area (Å²) in [6.45, 7) is 0. The fourth-order valence-corrected chi connectivity index (χ4v) is 5.15. The van der Waals surface area contributed by atoms with Crippen molar-refractivity contribution in [2.24, 2.45) is 0 Å². The Kier molecular flexibility index (Phi) is 5.00. The summed E-state index contributed by atoms with van der Waals surface area (Å²) >= 11 is 0. The van der Waals surface area contributed by atoms with E-state index in [0.717, 1.165) is 17.7 Å². The first-order valence-corrected chi connectivity index (χ1v) is 11.7. The van der Waals surface area contributed by atoms with Gasteiger partial charge in [-0.15, -0.1) is 0 Å². The summed E-state index contributed by atoms with van der Waals surface area (Å²) < 4.78 is 6.66. The predicted molar refractivity (Wildman–Crippen MR) is 135 cm³/mol. The van der Waals surface area contributed by atoms with E-state index in [4.69, 9.17) is 4.42 Å². The van der Waals surface area contributed by atoms with Crippen LogP contribution in [-0.4, -0.2) is 5.78 Å². The fourth-order valence-electron chi connectivity index (χ4n) is 5.15. The average molecular weight is 441 g/mol. The van der Waals surface area contributed by atoms with E-state index in [-0.39, 0.29) is 11.2 Å². The highest BCUT2D eigenvalue weighted by Crippen LogP contribution is 2.65. The first-order chi connectivity index (χ1) is 16.8. The smallest absolute Gasteiger partial charge is 0.196 e. The third-order valence-electron chi connectivity index (χ3n) is 6.94. The van der Waals surface area contributed by atoms with E-state index in [2.05, 4.69) is 48.5 Å². The van der Waals surface area contributed by atoms with Crippen LogP contribution in [0.5, 0.6) is 0 Å². The van der Waals surface area contributed by atoms with Gasteiger partial charge in [-0.2, -0.15) is 0 Å². The molecule has 5 aromatic rings. The molecule has 2 nitrogen and oxygen atoms in total. The van der Waals surface area contributed by atoms with Crippen molar-refractivity contribution in [3.8, 4) is 11.3 Å². The molecule has 0 aliphatic heterocycles. The number of rotatable bonds is 6. The highest BCUT2D eigenvalue weighted by atomic mass is 16.3. The first kappa shape index (κ1) is 20.4. The number of carbonyl (C=O) groups excluding carboxylic acids is 1. The molecule has 164 valence electrons. The van der Waals surface area contributed by atoms with Crippen molar-refractivity contribution in [1.29, 1.82) is 0 Å². The van der Waals surface area contributed by atoms with Crippen LogP contribution in [0.3, 0.4) is 0 Å². The molecule has 1 aromatic heterocycles. The highest BCUT2D eigenvalue weighted by molar-refractivity contribution is 6.12. The summed E-state index contributed by atoms with van der Waals surface area (Å²) in [7, 11) is 0. The zero-order valence-electron chi connectivity index (χ0n) is 18.7. The molecule has 0 N–H and O–H groups in total. The molecule has 1 aliphatic rings. The molecule has 34 heavy (non-hydrogen) atoms. The Morgan fingerprint density at radius 2 is 1.26 bits per heavy atom. The van der Waals surface area contributed by atoms with Gasteiger partial charge in [0.25, 0.3) is 0 Å². The van der Waals surface area contributed by atoms with Crippen molar-refractivity contribution in [3.63, 3.8) is 0 Å². The van der Waals surface area contributed by atoms with Gasteiger partial charge < -0.3 is 4.42 Å². The quantitative estimate of drug-likeness (QED) is 0.254. The van der Waals surface area contributed by atoms with Gasteiger partial charge in [0.1, 0.15) is 11.5 Å². The Morgan fingerprint density at radius 1 is 0.706 bits per heavy atom. The third-order valence-corrected chi connectivity index (χ3v) is 6.94. The van der Waals surface area contributed by atoms with Crippen LogP contribution in [0, 0.1) is 0 Å². The lowest BCUT2D eigenvalue weighted by atomic mass is 9.87. The second-order valence-corrected chi connectivity index (χ2v) is 8.92. The van der Waals surface area contributed by atoms with Crippen LogP contribution in [0.2, 0.25) is 0 Å². The monoisotopic (exact) mass is 440 g/mol. The lowest BCUT2D eigenvalue weighted by molar-refractivity contribution is 0.103. The number of hydrogen-bond acceptors (Lipinski definition) is 2. The lowest BCUT2D eigenvalue weighted by Crippen LogP contribution is -2.11. The standard InChI is InChI=1S/C32H24O2/c33-30(24-15-7-2-8-16-24)27-21-29(34-31(27)25-17-9-3-10-18-25)32(26-19-11-4-12-20-26)22-28(32)23-13-5-1-6-14-23/h1-21,28H,22H2/t28?,32-/m0/s1. The van der Waals surface area contributed by atoms with Crippen LogP contribution in [0.15, 0.2) is 132 Å². The maximum absolute atomic E-state index is 13.6. The molecule has 1 aliphatic carbocycles. The van der Waals surface area contributed by atoms with Gasteiger partial charge in [0.15, 0.2) is 5.78 Å². The Morgan fingerprint density at radius 3 is 1.91 bits per heavy atom. The summed E-state index contributed by atoms with van der Waals surface area (Å²) in [6, 6.07) is 42.5. The molecule has 1 heterocycles. The largest absolute Gasteiger partial charge is 0.459 e. The van der Waals surface area contributed by atoms with Crippen LogP contribution in [0.1, 0.15) is 45.1 Å². The van der Waals surface area contributed by atoms with E-state index in [1.165, 1.54) is 11.1 Å². The van der Waals surface area contributed by atoms with Crippen molar-refractivity contribution in [2.45, 2.75) is 17.8 Å². The molecular weight excluding hydrogens is 416 g/mol. The number of hydrogen-bond donors (Lipinski definition) is 0. The molecule has 1 fully saturated rings. The van der Waals surface area contributed by atoms with Gasteiger partial charge in [-0.25, -0.2) is 0 Å². The van der Waals surface area contributed by atoms with Gasteiger partial charge in [0.05, 0.1) is 11.0 Å². The minimum Gasteiger partial charge on any atom is -0.459 e. The molecule has 1 unspecified atom stereocenters. The van der Waals surface area contributed by atoms with Crippen LogP contribution in [-0.2, 0) is 5.41 Å². The minimum atomic E-state index is -0.290. The summed E-state index contributed by atoms with van der Waals surface area (Å²) in [5, 5.41) is 0. The van der Waals surface area contributed by atoms with Crippen molar-refractivity contribution >= 4 is 5.78 Å². The third kappa shape index (κ3) is 3.39. The molecule has 0 radical (unpaired) electrons. The van der Waals surface area contributed by atoms with Crippen LogP contribution in [0.4, 0.5) is 0 Å². The van der Waals surface area contributed by atoms with Gasteiger partial charge in [0.2, 0.25) is 0 Å². The molecule has 0 saturated heterocycles. The van der Waals surface area contributed by atoms with E-state index in [1.54, 1.807) is 0 Å². The normalized spacial score (nSPS) is 19.0. The zero-order chi connectivity index (χ0) is 23.0. The predicted octanol–water partition coefficient (Wildman–Crippen LogP) is 7.65. The van der Waals surface area contributed by atoms with Gasteiger partial charge in [-0.1, -0.05) is 121 Å². The van der Waals surface area contributed by atoms with E-state index in [1.807, 2.05) is 78.9 Å². The Labute approximate surface area is 199 Å². The summed E-state index contributed by atoms with van der Waals surface area (Å²) in [6.07, 6.45) is 0.946. The Bertz CT molecular complexity index is 1420. The van der Waals surface area contributed by atoms with Crippen molar-refractivity contribution in [1.82, 2.24) is 0 Å². The molecule has 0 amide bonds. The molecule has 1 saturated carbocycles. The number of ketones is 1.